The van der Waals surface area contributed by atoms with E-state index in [9.17, 15) is 8.42 Å². The van der Waals surface area contributed by atoms with Gasteiger partial charge in [0.2, 0.25) is 10.0 Å². The number of anilines is 1. The number of hydrogen-bond acceptors (Lipinski definition) is 7. The highest BCUT2D eigenvalue weighted by Crippen LogP contribution is 2.36. The predicted octanol–water partition coefficient (Wildman–Crippen LogP) is 1.19. The minimum absolute atomic E-state index is 0. The molecule has 1 aliphatic carbocycles. The van der Waals surface area contributed by atoms with Gasteiger partial charge in [-0.25, -0.2) is 23.1 Å². The highest BCUT2D eigenvalue weighted by atomic mass is 35.5. The number of nitrogens with one attached hydrogen (secondary N) is 1. The van der Waals surface area contributed by atoms with Gasteiger partial charge in [0, 0.05) is 50.0 Å². The molecule has 2 aliphatic rings. The van der Waals surface area contributed by atoms with E-state index in [2.05, 4.69) is 25.7 Å². The standard InChI is InChI=1S/C16H27N5O3S.2ClH/c1-24-10-15-18-14(11-7-12(17)8-11)9-16(19-15)21-5-3-13(4-6-21)20-25(2,22)23;;/h9,11-13,20H,3-8,10,17H2,1-2H3;2*1H. The van der Waals surface area contributed by atoms with Crippen LogP contribution in [0.25, 0.3) is 0 Å². The average molecular weight is 442 g/mol. The zero-order chi connectivity index (χ0) is 18.0. The van der Waals surface area contributed by atoms with Crippen molar-refractivity contribution in [1.29, 1.82) is 0 Å². The van der Waals surface area contributed by atoms with E-state index in [0.717, 1.165) is 50.3 Å². The van der Waals surface area contributed by atoms with Crippen molar-refractivity contribution >= 4 is 40.7 Å². The normalized spacial score (nSPS) is 23.1. The third kappa shape index (κ3) is 6.69. The number of hydrogen-bond donors (Lipinski definition) is 2. The molecule has 2 heterocycles. The molecule has 2 fully saturated rings. The zero-order valence-corrected chi connectivity index (χ0v) is 18.1. The summed E-state index contributed by atoms with van der Waals surface area (Å²) in [6, 6.07) is 2.32. The van der Waals surface area contributed by atoms with Gasteiger partial charge in [-0.1, -0.05) is 0 Å². The van der Waals surface area contributed by atoms with E-state index in [1.807, 2.05) is 0 Å². The molecule has 0 bridgehead atoms. The summed E-state index contributed by atoms with van der Waals surface area (Å²) in [5, 5.41) is 0. The molecule has 3 rings (SSSR count). The zero-order valence-electron chi connectivity index (χ0n) is 15.6. The minimum atomic E-state index is -3.16. The Morgan fingerprint density at radius 3 is 2.41 bits per heavy atom. The molecule has 8 nitrogen and oxygen atoms in total. The molecule has 156 valence electrons. The quantitative estimate of drug-likeness (QED) is 0.681. The average Bonchev–Trinajstić information content (AvgIpc) is 2.51. The first-order chi connectivity index (χ1) is 11.8. The molecule has 1 saturated carbocycles. The number of ether oxygens (including phenoxy) is 1. The van der Waals surface area contributed by atoms with E-state index in [4.69, 9.17) is 10.5 Å². The van der Waals surface area contributed by atoms with E-state index in [1.54, 1.807) is 7.11 Å². The van der Waals surface area contributed by atoms with Gasteiger partial charge in [-0.3, -0.25) is 0 Å². The molecule has 1 saturated heterocycles. The maximum atomic E-state index is 11.4. The Balaban J connectivity index is 0.00000182. The Kier molecular flexibility index (Phi) is 9.17. The number of methoxy groups -OCH3 is 1. The summed E-state index contributed by atoms with van der Waals surface area (Å²) >= 11 is 0. The molecule has 0 unspecified atom stereocenters. The number of halogens is 2. The van der Waals surface area contributed by atoms with Crippen molar-refractivity contribution in [3.05, 3.63) is 17.6 Å². The Morgan fingerprint density at radius 2 is 1.89 bits per heavy atom. The number of sulfonamides is 1. The molecule has 0 atom stereocenters. The second-order valence-corrected chi connectivity index (χ2v) is 8.86. The van der Waals surface area contributed by atoms with Gasteiger partial charge in [0.05, 0.1) is 6.26 Å². The molecular formula is C16H29Cl2N5O3S. The molecule has 1 aromatic rings. The summed E-state index contributed by atoms with van der Waals surface area (Å²) in [6.45, 7) is 1.91. The molecule has 0 amide bonds. The SMILES string of the molecule is COCc1nc(C2CC(N)C2)cc(N2CCC(NS(C)(=O)=O)CC2)n1.Cl.Cl. The molecule has 27 heavy (non-hydrogen) atoms. The van der Waals surface area contributed by atoms with Crippen LogP contribution in [0.3, 0.4) is 0 Å². The van der Waals surface area contributed by atoms with Crippen molar-refractivity contribution in [3.63, 3.8) is 0 Å². The Hall–Kier alpha value is -0.710. The molecule has 3 N–H and O–H groups in total. The van der Waals surface area contributed by atoms with Crippen LogP contribution >= 0.6 is 24.8 Å². The fraction of sp³-hybridized carbons (Fsp3) is 0.750. The number of piperidine rings is 1. The maximum Gasteiger partial charge on any atom is 0.208 e. The lowest BCUT2D eigenvalue weighted by Crippen LogP contribution is -2.44. The van der Waals surface area contributed by atoms with Crippen LogP contribution in [0.5, 0.6) is 0 Å². The van der Waals surface area contributed by atoms with Crippen molar-refractivity contribution in [3.8, 4) is 0 Å². The number of nitrogens with zero attached hydrogens (tertiary/aromatic N) is 3. The number of nitrogens with two attached hydrogens (primary N) is 1. The van der Waals surface area contributed by atoms with E-state index < -0.39 is 10.0 Å². The van der Waals surface area contributed by atoms with E-state index in [0.29, 0.717) is 18.3 Å². The lowest BCUT2D eigenvalue weighted by Gasteiger charge is -2.35. The lowest BCUT2D eigenvalue weighted by molar-refractivity contribution is 0.177. The van der Waals surface area contributed by atoms with Crippen molar-refractivity contribution in [2.45, 2.75) is 50.3 Å². The molecule has 0 aromatic carbocycles. The maximum absolute atomic E-state index is 11.4. The molecule has 0 radical (unpaired) electrons. The van der Waals surface area contributed by atoms with Crippen molar-refractivity contribution in [2.75, 3.05) is 31.4 Å². The number of rotatable bonds is 6. The summed E-state index contributed by atoms with van der Waals surface area (Å²) in [5.74, 6) is 1.99. The summed E-state index contributed by atoms with van der Waals surface area (Å²) in [6.07, 6.45) is 4.66. The van der Waals surface area contributed by atoms with Gasteiger partial charge in [-0.15, -0.1) is 24.8 Å². The van der Waals surface area contributed by atoms with Crippen molar-refractivity contribution < 1.29 is 13.2 Å². The van der Waals surface area contributed by atoms with Crippen molar-refractivity contribution in [2.24, 2.45) is 5.73 Å². The first-order valence-electron chi connectivity index (χ1n) is 8.68. The Labute approximate surface area is 173 Å². The third-order valence-electron chi connectivity index (χ3n) is 4.84. The van der Waals surface area contributed by atoms with E-state index >= 15 is 0 Å². The molecular weight excluding hydrogens is 413 g/mol. The molecule has 1 aromatic heterocycles. The van der Waals surface area contributed by atoms with Gasteiger partial charge in [0.15, 0.2) is 5.82 Å². The van der Waals surface area contributed by atoms with Gasteiger partial charge in [-0.2, -0.15) is 0 Å². The lowest BCUT2D eigenvalue weighted by atomic mass is 9.78. The molecule has 0 spiro atoms. The summed E-state index contributed by atoms with van der Waals surface area (Å²) < 4.78 is 30.7. The van der Waals surface area contributed by atoms with Crippen LogP contribution in [0.15, 0.2) is 6.07 Å². The second kappa shape index (κ2) is 10.2. The smallest absolute Gasteiger partial charge is 0.208 e. The van der Waals surface area contributed by atoms with Gasteiger partial charge in [0.1, 0.15) is 12.4 Å². The first-order valence-corrected chi connectivity index (χ1v) is 10.6. The van der Waals surface area contributed by atoms with Crippen LogP contribution in [-0.4, -0.2) is 56.9 Å². The molecule has 11 heteroatoms. The van der Waals surface area contributed by atoms with Gasteiger partial charge in [-0.05, 0) is 25.7 Å². The second-order valence-electron chi connectivity index (χ2n) is 7.08. The van der Waals surface area contributed by atoms with Crippen LogP contribution in [0.4, 0.5) is 5.82 Å². The van der Waals surface area contributed by atoms with Crippen LogP contribution in [0.2, 0.25) is 0 Å². The van der Waals surface area contributed by atoms with E-state index in [-0.39, 0.29) is 36.9 Å². The summed E-state index contributed by atoms with van der Waals surface area (Å²) in [4.78, 5) is 11.5. The van der Waals surface area contributed by atoms with Crippen LogP contribution in [0, 0.1) is 0 Å². The fourth-order valence-corrected chi connectivity index (χ4v) is 4.34. The van der Waals surface area contributed by atoms with Crippen LogP contribution < -0.4 is 15.4 Å². The monoisotopic (exact) mass is 441 g/mol. The summed E-state index contributed by atoms with van der Waals surface area (Å²) in [7, 11) is -1.53. The third-order valence-corrected chi connectivity index (χ3v) is 5.61. The van der Waals surface area contributed by atoms with E-state index in [1.165, 1.54) is 6.26 Å². The van der Waals surface area contributed by atoms with Crippen LogP contribution in [0.1, 0.15) is 43.1 Å². The first kappa shape index (κ1) is 24.3. The Morgan fingerprint density at radius 1 is 1.26 bits per heavy atom. The summed E-state index contributed by atoms with van der Waals surface area (Å²) in [5.41, 5.74) is 6.95. The topological polar surface area (TPSA) is 110 Å². The molecule has 1 aliphatic heterocycles. The van der Waals surface area contributed by atoms with Gasteiger partial charge in [0.25, 0.3) is 0 Å². The minimum Gasteiger partial charge on any atom is -0.377 e. The Bertz CT molecular complexity index is 708. The largest absolute Gasteiger partial charge is 0.377 e. The van der Waals surface area contributed by atoms with Crippen molar-refractivity contribution in [1.82, 2.24) is 14.7 Å². The highest BCUT2D eigenvalue weighted by Gasteiger charge is 2.30. The van der Waals surface area contributed by atoms with Gasteiger partial charge >= 0.3 is 0 Å². The predicted molar refractivity (Wildman–Crippen MR) is 110 cm³/mol. The van der Waals surface area contributed by atoms with Crippen LogP contribution in [-0.2, 0) is 21.4 Å². The van der Waals surface area contributed by atoms with Gasteiger partial charge < -0.3 is 15.4 Å². The highest BCUT2D eigenvalue weighted by molar-refractivity contribution is 7.88. The number of aromatic nitrogens is 2. The fourth-order valence-electron chi connectivity index (χ4n) is 3.50.